The number of carbonyl (C=O) groups is 1. The summed E-state index contributed by atoms with van der Waals surface area (Å²) in [5.41, 5.74) is 8.28. The van der Waals surface area contributed by atoms with Gasteiger partial charge in [-0.2, -0.15) is 5.26 Å². The molecule has 0 radical (unpaired) electrons. The molecule has 1 unspecified atom stereocenters. The largest absolute Gasteiger partial charge is 0.494 e. The maximum Gasteiger partial charge on any atom is 0.343 e. The van der Waals surface area contributed by atoms with Gasteiger partial charge < -0.3 is 19.9 Å². The standard InChI is InChI=1S/C28H18Cl2N2O4/c1-34-26-22(29)11-16(12-23(26)30)28(33)35-17-9-10-20-24(13-17)36-27(32)21(14-31)25(20)19-8-4-6-15-5-2-3-7-18(15)19/h2-13,25H,32H2,1H3. The first-order valence-corrected chi connectivity index (χ1v) is 11.6. The molecule has 4 aromatic rings. The van der Waals surface area contributed by atoms with Crippen molar-refractivity contribution in [1.82, 2.24) is 0 Å². The molecule has 0 saturated carbocycles. The van der Waals surface area contributed by atoms with Gasteiger partial charge in [-0.15, -0.1) is 0 Å². The van der Waals surface area contributed by atoms with Gasteiger partial charge in [-0.05, 0) is 34.5 Å². The first-order valence-electron chi connectivity index (χ1n) is 10.9. The van der Waals surface area contributed by atoms with Gasteiger partial charge in [0, 0.05) is 11.6 Å². The molecule has 178 valence electrons. The Morgan fingerprint density at radius 1 is 1.00 bits per heavy atom. The lowest BCUT2D eigenvalue weighted by molar-refractivity contribution is 0.0734. The van der Waals surface area contributed by atoms with E-state index in [1.807, 2.05) is 42.5 Å². The Kier molecular flexibility index (Phi) is 6.19. The number of nitrogens with two attached hydrogens (primary N) is 1. The number of benzene rings is 4. The van der Waals surface area contributed by atoms with Crippen LogP contribution in [0.25, 0.3) is 10.8 Å². The molecule has 0 fully saturated rings. The van der Waals surface area contributed by atoms with Crippen molar-refractivity contribution in [3.05, 3.63) is 111 Å². The van der Waals surface area contributed by atoms with E-state index in [0.29, 0.717) is 11.3 Å². The van der Waals surface area contributed by atoms with Crippen LogP contribution in [0.2, 0.25) is 10.0 Å². The topological polar surface area (TPSA) is 94.6 Å². The number of nitrogens with zero attached hydrogens (tertiary/aromatic N) is 1. The second kappa shape index (κ2) is 9.46. The fourth-order valence-electron chi connectivity index (χ4n) is 4.36. The van der Waals surface area contributed by atoms with Gasteiger partial charge in [-0.25, -0.2) is 4.79 Å². The number of nitriles is 1. The van der Waals surface area contributed by atoms with Crippen LogP contribution in [0.5, 0.6) is 17.2 Å². The molecule has 0 saturated heterocycles. The summed E-state index contributed by atoms with van der Waals surface area (Å²) in [4.78, 5) is 12.8. The Bertz CT molecular complexity index is 1580. The van der Waals surface area contributed by atoms with Crippen LogP contribution in [0.3, 0.4) is 0 Å². The van der Waals surface area contributed by atoms with E-state index in [2.05, 4.69) is 6.07 Å². The average Bonchev–Trinajstić information content (AvgIpc) is 2.87. The van der Waals surface area contributed by atoms with E-state index in [1.54, 1.807) is 18.2 Å². The minimum atomic E-state index is -0.663. The van der Waals surface area contributed by atoms with Crippen molar-refractivity contribution in [1.29, 1.82) is 5.26 Å². The molecular weight excluding hydrogens is 499 g/mol. The van der Waals surface area contributed by atoms with Crippen molar-refractivity contribution in [2.45, 2.75) is 5.92 Å². The highest BCUT2D eigenvalue weighted by atomic mass is 35.5. The Morgan fingerprint density at radius 3 is 2.44 bits per heavy atom. The number of hydrogen-bond donors (Lipinski definition) is 1. The number of carbonyl (C=O) groups excluding carboxylic acids is 1. The van der Waals surface area contributed by atoms with Gasteiger partial charge in [0.25, 0.3) is 0 Å². The van der Waals surface area contributed by atoms with E-state index in [1.165, 1.54) is 19.2 Å². The molecule has 1 heterocycles. The lowest BCUT2D eigenvalue weighted by atomic mass is 9.81. The van der Waals surface area contributed by atoms with Crippen LogP contribution in [0.4, 0.5) is 0 Å². The molecule has 0 bridgehead atoms. The minimum absolute atomic E-state index is 0.000119. The van der Waals surface area contributed by atoms with Crippen LogP contribution in [-0.2, 0) is 0 Å². The summed E-state index contributed by atoms with van der Waals surface area (Å²) in [5.74, 6) is -0.225. The molecule has 2 N–H and O–H groups in total. The molecule has 5 rings (SSSR count). The molecular formula is C28H18Cl2N2O4. The maximum atomic E-state index is 12.8. The van der Waals surface area contributed by atoms with E-state index in [-0.39, 0.29) is 33.0 Å². The van der Waals surface area contributed by atoms with Gasteiger partial charge in [-0.1, -0.05) is 71.7 Å². The number of ether oxygens (including phenoxy) is 3. The summed E-state index contributed by atoms with van der Waals surface area (Å²) >= 11 is 12.3. The fraction of sp³-hybridized carbons (Fsp3) is 0.0714. The van der Waals surface area contributed by atoms with Crippen molar-refractivity contribution in [2.75, 3.05) is 7.11 Å². The van der Waals surface area contributed by atoms with Gasteiger partial charge in [0.2, 0.25) is 5.88 Å². The molecule has 4 aromatic carbocycles. The Hall–Kier alpha value is -4.18. The monoisotopic (exact) mass is 516 g/mol. The van der Waals surface area contributed by atoms with Crippen molar-refractivity contribution in [3.63, 3.8) is 0 Å². The number of rotatable bonds is 4. The number of allylic oxidation sites excluding steroid dienone is 1. The molecule has 1 atom stereocenters. The summed E-state index contributed by atoms with van der Waals surface area (Å²) in [6.07, 6.45) is 0. The summed E-state index contributed by atoms with van der Waals surface area (Å²) in [6.45, 7) is 0. The maximum absolute atomic E-state index is 12.8. The third-order valence-corrected chi connectivity index (χ3v) is 6.54. The molecule has 0 spiro atoms. The zero-order valence-corrected chi connectivity index (χ0v) is 20.4. The van der Waals surface area contributed by atoms with Crippen LogP contribution in [0, 0.1) is 11.3 Å². The fourth-order valence-corrected chi connectivity index (χ4v) is 5.00. The second-order valence-electron chi connectivity index (χ2n) is 8.06. The van der Waals surface area contributed by atoms with Gasteiger partial charge >= 0.3 is 5.97 Å². The highest BCUT2D eigenvalue weighted by Gasteiger charge is 2.32. The van der Waals surface area contributed by atoms with Crippen LogP contribution >= 0.6 is 23.2 Å². The number of esters is 1. The number of hydrogen-bond acceptors (Lipinski definition) is 6. The molecule has 1 aliphatic heterocycles. The highest BCUT2D eigenvalue weighted by Crippen LogP contribution is 2.45. The van der Waals surface area contributed by atoms with E-state index < -0.39 is 11.9 Å². The predicted molar refractivity (Wildman–Crippen MR) is 138 cm³/mol. The summed E-state index contributed by atoms with van der Waals surface area (Å²) in [5, 5.41) is 12.3. The van der Waals surface area contributed by atoms with Gasteiger partial charge in [0.1, 0.15) is 23.1 Å². The lowest BCUT2D eigenvalue weighted by Gasteiger charge is -2.27. The first-order chi connectivity index (χ1) is 17.4. The third-order valence-electron chi connectivity index (χ3n) is 5.97. The first kappa shape index (κ1) is 23.6. The number of fused-ring (bicyclic) bond motifs is 2. The SMILES string of the molecule is COc1c(Cl)cc(C(=O)Oc2ccc3c(c2)OC(N)=C(C#N)C3c2cccc3ccccc23)cc1Cl. The zero-order chi connectivity index (χ0) is 25.4. The molecule has 0 amide bonds. The summed E-state index contributed by atoms with van der Waals surface area (Å²) < 4.78 is 16.5. The van der Waals surface area contributed by atoms with Gasteiger partial charge in [0.05, 0.1) is 28.6 Å². The van der Waals surface area contributed by atoms with Crippen molar-refractivity contribution >= 4 is 39.9 Å². The summed E-state index contributed by atoms with van der Waals surface area (Å²) in [7, 11) is 1.43. The molecule has 36 heavy (non-hydrogen) atoms. The quantitative estimate of drug-likeness (QED) is 0.242. The van der Waals surface area contributed by atoms with Crippen LogP contribution in [0.1, 0.15) is 27.4 Å². The lowest BCUT2D eigenvalue weighted by Crippen LogP contribution is -2.21. The number of halogens is 2. The predicted octanol–water partition coefficient (Wildman–Crippen LogP) is 6.59. The normalized spacial score (nSPS) is 14.6. The zero-order valence-electron chi connectivity index (χ0n) is 18.9. The van der Waals surface area contributed by atoms with Crippen LogP contribution in [-0.4, -0.2) is 13.1 Å². The van der Waals surface area contributed by atoms with Gasteiger partial charge in [-0.3, -0.25) is 0 Å². The second-order valence-corrected chi connectivity index (χ2v) is 8.87. The van der Waals surface area contributed by atoms with Crippen LogP contribution in [0.15, 0.2) is 84.3 Å². The van der Waals surface area contributed by atoms with Gasteiger partial charge in [0.15, 0.2) is 5.75 Å². The smallest absolute Gasteiger partial charge is 0.343 e. The third kappa shape index (κ3) is 4.09. The Balaban J connectivity index is 1.53. The van der Waals surface area contributed by atoms with E-state index in [0.717, 1.165) is 21.9 Å². The van der Waals surface area contributed by atoms with Crippen molar-refractivity contribution < 1.29 is 19.0 Å². The van der Waals surface area contributed by atoms with E-state index in [9.17, 15) is 10.1 Å². The highest BCUT2D eigenvalue weighted by molar-refractivity contribution is 6.37. The van der Waals surface area contributed by atoms with Crippen molar-refractivity contribution in [3.8, 4) is 23.3 Å². The Morgan fingerprint density at radius 2 is 1.72 bits per heavy atom. The van der Waals surface area contributed by atoms with E-state index in [4.69, 9.17) is 43.1 Å². The minimum Gasteiger partial charge on any atom is -0.494 e. The Labute approximate surface area is 217 Å². The van der Waals surface area contributed by atoms with Crippen molar-refractivity contribution in [2.24, 2.45) is 5.73 Å². The van der Waals surface area contributed by atoms with Crippen LogP contribution < -0.4 is 19.9 Å². The average molecular weight is 517 g/mol. The molecule has 0 aromatic heterocycles. The molecule has 8 heteroatoms. The molecule has 6 nitrogen and oxygen atoms in total. The molecule has 0 aliphatic carbocycles. The number of methoxy groups -OCH3 is 1. The van der Waals surface area contributed by atoms with E-state index >= 15 is 0 Å². The molecule has 1 aliphatic rings. The summed E-state index contributed by atoms with van der Waals surface area (Å²) in [6, 6.07) is 23.9.